The molecule has 88 valence electrons. The number of nitro benzene ring substituents is 1. The molecule has 1 unspecified atom stereocenters. The summed E-state index contributed by atoms with van der Waals surface area (Å²) in [4.78, 5) is 13.9. The molecule has 0 amide bonds. The maximum absolute atomic E-state index is 10.5. The molecule has 0 radical (unpaired) electrons. The van der Waals surface area contributed by atoms with E-state index in [1.165, 1.54) is 35.6 Å². The summed E-state index contributed by atoms with van der Waals surface area (Å²) >= 11 is 1.23. The first-order chi connectivity index (χ1) is 8.08. The predicted octanol–water partition coefficient (Wildman–Crippen LogP) is 1.72. The number of nitrogens with zero attached hydrogens (tertiary/aromatic N) is 2. The second-order valence-corrected chi connectivity index (χ2v) is 4.25. The molecule has 1 aromatic carbocycles. The normalized spacial score (nSPS) is 12.3. The van der Waals surface area contributed by atoms with Crippen molar-refractivity contribution in [3.8, 4) is 0 Å². The van der Waals surface area contributed by atoms with Gasteiger partial charge in [-0.3, -0.25) is 10.1 Å². The Bertz CT molecular complexity index is 538. The molecule has 0 saturated heterocycles. The van der Waals surface area contributed by atoms with E-state index in [0.717, 1.165) is 0 Å². The molecular formula is C10H9N3O3S. The highest BCUT2D eigenvalue weighted by Crippen LogP contribution is 2.25. The maximum atomic E-state index is 10.5. The summed E-state index contributed by atoms with van der Waals surface area (Å²) in [6.45, 7) is 0. The van der Waals surface area contributed by atoms with Crippen LogP contribution in [0.2, 0.25) is 0 Å². The molecule has 3 N–H and O–H groups in total. The molecule has 1 aromatic heterocycles. The summed E-state index contributed by atoms with van der Waals surface area (Å²) in [6.07, 6.45) is -0.913. The minimum absolute atomic E-state index is 0.0151. The highest BCUT2D eigenvalue weighted by Gasteiger charge is 2.15. The number of aliphatic hydroxyl groups is 1. The van der Waals surface area contributed by atoms with Gasteiger partial charge in [-0.05, 0) is 17.7 Å². The number of anilines is 1. The van der Waals surface area contributed by atoms with Gasteiger partial charge in [-0.25, -0.2) is 4.98 Å². The number of hydrogen-bond donors (Lipinski definition) is 2. The van der Waals surface area contributed by atoms with Crippen molar-refractivity contribution >= 4 is 22.2 Å². The first-order valence-electron chi connectivity index (χ1n) is 4.71. The number of rotatable bonds is 3. The SMILES string of the molecule is Nc1nc(C(O)c2ccc([N+](=O)[O-])cc2)cs1. The lowest BCUT2D eigenvalue weighted by Gasteiger charge is -2.07. The fraction of sp³-hybridized carbons (Fsp3) is 0.100. The minimum atomic E-state index is -0.913. The minimum Gasteiger partial charge on any atom is -0.382 e. The molecule has 0 saturated carbocycles. The van der Waals surface area contributed by atoms with Crippen LogP contribution in [-0.4, -0.2) is 15.0 Å². The van der Waals surface area contributed by atoms with Crippen molar-refractivity contribution in [2.24, 2.45) is 0 Å². The number of non-ortho nitro benzene ring substituents is 1. The molecule has 2 aromatic rings. The van der Waals surface area contributed by atoms with E-state index in [1.807, 2.05) is 0 Å². The van der Waals surface area contributed by atoms with Gasteiger partial charge in [-0.1, -0.05) is 0 Å². The number of aromatic nitrogens is 1. The average Bonchev–Trinajstić information content (AvgIpc) is 2.75. The number of nitro groups is 1. The van der Waals surface area contributed by atoms with Gasteiger partial charge in [0.15, 0.2) is 5.13 Å². The zero-order chi connectivity index (χ0) is 12.4. The van der Waals surface area contributed by atoms with Crippen LogP contribution < -0.4 is 5.73 Å². The molecule has 1 atom stereocenters. The predicted molar refractivity (Wildman–Crippen MR) is 63.7 cm³/mol. The Labute approximate surface area is 101 Å². The van der Waals surface area contributed by atoms with Crippen LogP contribution in [-0.2, 0) is 0 Å². The topological polar surface area (TPSA) is 102 Å². The third-order valence-corrected chi connectivity index (χ3v) is 2.93. The van der Waals surface area contributed by atoms with Crippen molar-refractivity contribution in [3.05, 3.63) is 51.0 Å². The Hall–Kier alpha value is -1.99. The Morgan fingerprint density at radius 3 is 2.53 bits per heavy atom. The van der Waals surface area contributed by atoms with E-state index in [0.29, 0.717) is 16.4 Å². The highest BCUT2D eigenvalue weighted by molar-refractivity contribution is 7.13. The molecule has 0 fully saturated rings. The fourth-order valence-corrected chi connectivity index (χ4v) is 1.96. The van der Waals surface area contributed by atoms with Crippen LogP contribution in [0.5, 0.6) is 0 Å². The number of benzene rings is 1. The Balaban J connectivity index is 2.25. The van der Waals surface area contributed by atoms with Gasteiger partial charge in [0.25, 0.3) is 5.69 Å². The second kappa shape index (κ2) is 4.48. The van der Waals surface area contributed by atoms with E-state index in [1.54, 1.807) is 5.38 Å². The van der Waals surface area contributed by atoms with Gasteiger partial charge in [0.1, 0.15) is 6.10 Å². The fourth-order valence-electron chi connectivity index (χ4n) is 1.38. The monoisotopic (exact) mass is 251 g/mol. The first kappa shape index (κ1) is 11.5. The number of thiazole rings is 1. The van der Waals surface area contributed by atoms with E-state index in [-0.39, 0.29) is 5.69 Å². The van der Waals surface area contributed by atoms with Crippen LogP contribution in [0, 0.1) is 10.1 Å². The largest absolute Gasteiger partial charge is 0.382 e. The molecular weight excluding hydrogens is 242 g/mol. The van der Waals surface area contributed by atoms with Gasteiger partial charge in [0.2, 0.25) is 0 Å². The summed E-state index contributed by atoms with van der Waals surface area (Å²) in [5.74, 6) is 0. The van der Waals surface area contributed by atoms with Crippen LogP contribution in [0.4, 0.5) is 10.8 Å². The molecule has 6 nitrogen and oxygen atoms in total. The summed E-state index contributed by atoms with van der Waals surface area (Å²) in [5.41, 5.74) is 6.44. The van der Waals surface area contributed by atoms with E-state index in [2.05, 4.69) is 4.98 Å². The zero-order valence-corrected chi connectivity index (χ0v) is 9.42. The number of hydrogen-bond acceptors (Lipinski definition) is 6. The van der Waals surface area contributed by atoms with Crippen molar-refractivity contribution in [2.75, 3.05) is 5.73 Å². The molecule has 17 heavy (non-hydrogen) atoms. The molecule has 2 rings (SSSR count). The third-order valence-electron chi connectivity index (χ3n) is 2.24. The van der Waals surface area contributed by atoms with Crippen LogP contribution >= 0.6 is 11.3 Å². The Kier molecular flexibility index (Phi) is 3.03. The van der Waals surface area contributed by atoms with Gasteiger partial charge in [0, 0.05) is 17.5 Å². The molecule has 0 aliphatic carbocycles. The smallest absolute Gasteiger partial charge is 0.269 e. The summed E-state index contributed by atoms with van der Waals surface area (Å²) in [5, 5.41) is 22.5. The van der Waals surface area contributed by atoms with E-state index < -0.39 is 11.0 Å². The van der Waals surface area contributed by atoms with E-state index in [4.69, 9.17) is 5.73 Å². The van der Waals surface area contributed by atoms with Crippen LogP contribution in [0.1, 0.15) is 17.4 Å². The van der Waals surface area contributed by atoms with Crippen molar-refractivity contribution in [1.29, 1.82) is 0 Å². The molecule has 0 spiro atoms. The average molecular weight is 251 g/mol. The molecule has 0 bridgehead atoms. The maximum Gasteiger partial charge on any atom is 0.269 e. The van der Waals surface area contributed by atoms with Crippen molar-refractivity contribution < 1.29 is 10.0 Å². The Morgan fingerprint density at radius 1 is 1.41 bits per heavy atom. The van der Waals surface area contributed by atoms with Gasteiger partial charge in [-0.2, -0.15) is 0 Å². The van der Waals surface area contributed by atoms with Gasteiger partial charge < -0.3 is 10.8 Å². The Morgan fingerprint density at radius 2 is 2.06 bits per heavy atom. The van der Waals surface area contributed by atoms with Crippen molar-refractivity contribution in [3.63, 3.8) is 0 Å². The molecule has 7 heteroatoms. The first-order valence-corrected chi connectivity index (χ1v) is 5.59. The number of nitrogens with two attached hydrogens (primary N) is 1. The highest BCUT2D eigenvalue weighted by atomic mass is 32.1. The van der Waals surface area contributed by atoms with Crippen LogP contribution in [0.3, 0.4) is 0 Å². The van der Waals surface area contributed by atoms with Gasteiger partial charge in [-0.15, -0.1) is 11.3 Å². The standard InChI is InChI=1S/C10H9N3O3S/c11-10-12-8(5-17-10)9(14)6-1-3-7(4-2-6)13(15)16/h1-5,9,14H,(H2,11,12). The van der Waals surface area contributed by atoms with E-state index >= 15 is 0 Å². The van der Waals surface area contributed by atoms with Crippen LogP contribution in [0.25, 0.3) is 0 Å². The lowest BCUT2D eigenvalue weighted by atomic mass is 10.1. The molecule has 0 aliphatic rings. The second-order valence-electron chi connectivity index (χ2n) is 3.36. The van der Waals surface area contributed by atoms with Gasteiger partial charge in [0.05, 0.1) is 10.6 Å². The van der Waals surface area contributed by atoms with Crippen molar-refractivity contribution in [1.82, 2.24) is 4.98 Å². The summed E-state index contributed by atoms with van der Waals surface area (Å²) < 4.78 is 0. The molecule has 0 aliphatic heterocycles. The lowest BCUT2D eigenvalue weighted by Crippen LogP contribution is -2.00. The summed E-state index contributed by atoms with van der Waals surface area (Å²) in [6, 6.07) is 5.68. The number of aliphatic hydroxyl groups excluding tert-OH is 1. The lowest BCUT2D eigenvalue weighted by molar-refractivity contribution is -0.384. The van der Waals surface area contributed by atoms with Crippen molar-refractivity contribution in [2.45, 2.75) is 6.10 Å². The van der Waals surface area contributed by atoms with Gasteiger partial charge >= 0.3 is 0 Å². The summed E-state index contributed by atoms with van der Waals surface area (Å²) in [7, 11) is 0. The third kappa shape index (κ3) is 2.40. The van der Waals surface area contributed by atoms with E-state index in [9.17, 15) is 15.2 Å². The quantitative estimate of drug-likeness (QED) is 0.638. The zero-order valence-electron chi connectivity index (χ0n) is 8.61. The van der Waals surface area contributed by atoms with Crippen LogP contribution in [0.15, 0.2) is 29.6 Å². The molecule has 1 heterocycles. The number of nitrogen functional groups attached to an aromatic ring is 1.